The van der Waals surface area contributed by atoms with E-state index in [1.165, 1.54) is 4.90 Å². The van der Waals surface area contributed by atoms with Crippen molar-refractivity contribution < 1.29 is 9.69 Å². The minimum absolute atomic E-state index is 0.179. The van der Waals surface area contributed by atoms with Gasteiger partial charge in [-0.15, -0.1) is 0 Å². The number of hydrogen-bond donors (Lipinski definition) is 2. The number of nitrogens with one attached hydrogen (secondary N) is 2. The van der Waals surface area contributed by atoms with Crippen molar-refractivity contribution in [2.75, 3.05) is 52.1 Å². The molecule has 0 spiro atoms. The van der Waals surface area contributed by atoms with Gasteiger partial charge in [0.1, 0.15) is 0 Å². The molecule has 22 heavy (non-hydrogen) atoms. The van der Waals surface area contributed by atoms with Crippen molar-refractivity contribution in [3.8, 4) is 0 Å². The Bertz CT molecular complexity index is 544. The van der Waals surface area contributed by atoms with E-state index in [1.807, 2.05) is 24.3 Å². The van der Waals surface area contributed by atoms with Crippen molar-refractivity contribution in [2.24, 2.45) is 0 Å². The normalized spacial score (nSPS) is 15.5. The second-order valence-corrected chi connectivity index (χ2v) is 6.94. The number of hydrogen-bond acceptors (Lipinski definition) is 2. The quantitative estimate of drug-likeness (QED) is 0.740. The average molecular weight is 386 g/mol. The van der Waals surface area contributed by atoms with Gasteiger partial charge in [-0.2, -0.15) is 0 Å². The van der Waals surface area contributed by atoms with Crippen molar-refractivity contribution in [2.45, 2.75) is 0 Å². The molecule has 2 N–H and O–H groups in total. The number of likely N-dealkylation sites (N-methyl/N-ethyl adjacent to an activating group) is 1. The van der Waals surface area contributed by atoms with Gasteiger partial charge < -0.3 is 20.0 Å². The highest BCUT2D eigenvalue weighted by Crippen LogP contribution is 2.16. The number of quaternary nitrogens is 1. The van der Waals surface area contributed by atoms with Crippen LogP contribution in [0, 0.1) is 0 Å². The number of thiocarbonyl (C=S) groups is 1. The number of halogens is 1. The summed E-state index contributed by atoms with van der Waals surface area (Å²) in [5.41, 5.74) is 0.983. The summed E-state index contributed by atoms with van der Waals surface area (Å²) < 4.78 is 1.02. The van der Waals surface area contributed by atoms with E-state index in [0.29, 0.717) is 6.54 Å². The Balaban J connectivity index is 1.81. The van der Waals surface area contributed by atoms with E-state index in [-0.39, 0.29) is 5.91 Å². The highest BCUT2D eigenvalue weighted by atomic mass is 79.9. The summed E-state index contributed by atoms with van der Waals surface area (Å²) in [6, 6.07) is 7.96. The van der Waals surface area contributed by atoms with Gasteiger partial charge in [0.25, 0.3) is 5.91 Å². The van der Waals surface area contributed by atoms with Gasteiger partial charge in [0.05, 0.1) is 26.2 Å². The van der Waals surface area contributed by atoms with Crippen LogP contribution in [0.1, 0.15) is 0 Å². The van der Waals surface area contributed by atoms with Crippen LogP contribution in [0.4, 0.5) is 5.69 Å². The molecule has 0 unspecified atom stereocenters. The lowest BCUT2D eigenvalue weighted by Crippen LogP contribution is -3.15. The molecule has 7 heteroatoms. The Morgan fingerprint density at radius 2 is 2.09 bits per heavy atom. The second-order valence-electron chi connectivity index (χ2n) is 5.64. The van der Waals surface area contributed by atoms with Crippen molar-refractivity contribution in [1.29, 1.82) is 0 Å². The molecule has 120 valence electrons. The zero-order chi connectivity index (χ0) is 16.1. The van der Waals surface area contributed by atoms with E-state index < -0.39 is 0 Å². The maximum atomic E-state index is 11.7. The van der Waals surface area contributed by atoms with Crippen LogP contribution in [0.2, 0.25) is 0 Å². The van der Waals surface area contributed by atoms with Crippen LogP contribution in [0.25, 0.3) is 0 Å². The number of piperazine rings is 1. The highest BCUT2D eigenvalue weighted by molar-refractivity contribution is 9.10. The Morgan fingerprint density at radius 1 is 1.41 bits per heavy atom. The predicted molar refractivity (Wildman–Crippen MR) is 96.2 cm³/mol. The predicted octanol–water partition coefficient (Wildman–Crippen LogP) is 0.435. The Hall–Kier alpha value is -1.18. The molecule has 0 radical (unpaired) electrons. The fourth-order valence-corrected chi connectivity index (χ4v) is 3.04. The summed E-state index contributed by atoms with van der Waals surface area (Å²) in [7, 11) is 3.60. The molecule has 1 saturated heterocycles. The molecular weight excluding hydrogens is 364 g/mol. The molecule has 0 bridgehead atoms. The average Bonchev–Trinajstić information content (AvgIpc) is 2.47. The summed E-state index contributed by atoms with van der Waals surface area (Å²) in [6.07, 6.45) is 0. The number of amides is 1. The minimum Gasteiger partial charge on any atom is -0.344 e. The summed E-state index contributed by atoms with van der Waals surface area (Å²) in [5.74, 6) is 0.179. The number of anilines is 1. The van der Waals surface area contributed by atoms with E-state index in [0.717, 1.165) is 41.5 Å². The highest BCUT2D eigenvalue weighted by Gasteiger charge is 2.24. The minimum atomic E-state index is 0.179. The van der Waals surface area contributed by atoms with Gasteiger partial charge in [-0.1, -0.05) is 22.0 Å². The van der Waals surface area contributed by atoms with E-state index >= 15 is 0 Å². The number of carbonyl (C=O) groups is 1. The van der Waals surface area contributed by atoms with Crippen LogP contribution in [-0.4, -0.2) is 67.6 Å². The monoisotopic (exact) mass is 385 g/mol. The molecule has 1 aromatic carbocycles. The molecular formula is C15H22BrN4OS+. The summed E-state index contributed by atoms with van der Waals surface area (Å²) >= 11 is 8.94. The van der Waals surface area contributed by atoms with Crippen molar-refractivity contribution in [3.05, 3.63) is 28.7 Å². The maximum absolute atomic E-state index is 11.7. The summed E-state index contributed by atoms with van der Waals surface area (Å²) in [5, 5.41) is 4.02. The molecule has 5 nitrogen and oxygen atoms in total. The van der Waals surface area contributed by atoms with Gasteiger partial charge in [0.15, 0.2) is 11.7 Å². The molecule has 0 saturated carbocycles. The molecule has 1 aliphatic rings. The van der Waals surface area contributed by atoms with Crippen LogP contribution in [0.5, 0.6) is 0 Å². The SMILES string of the molecule is CN(C)C(=O)C[NH+]1CCN(C(=S)Nc2cccc(Br)c2)CC1. The fourth-order valence-electron chi connectivity index (χ4n) is 2.34. The first-order valence-electron chi connectivity index (χ1n) is 7.31. The molecule has 0 aromatic heterocycles. The third-order valence-electron chi connectivity index (χ3n) is 3.73. The van der Waals surface area contributed by atoms with Gasteiger partial charge >= 0.3 is 0 Å². The number of benzene rings is 1. The molecule has 1 fully saturated rings. The molecule has 1 aliphatic heterocycles. The largest absolute Gasteiger partial charge is 0.344 e. The van der Waals surface area contributed by atoms with Crippen LogP contribution < -0.4 is 10.2 Å². The fraction of sp³-hybridized carbons (Fsp3) is 0.467. The first-order chi connectivity index (χ1) is 10.5. The Labute approximate surface area is 145 Å². The molecule has 1 amide bonds. The van der Waals surface area contributed by atoms with Crippen LogP contribution in [0.3, 0.4) is 0 Å². The molecule has 2 rings (SSSR count). The second kappa shape index (κ2) is 7.89. The van der Waals surface area contributed by atoms with E-state index in [4.69, 9.17) is 12.2 Å². The molecule has 1 aromatic rings. The van der Waals surface area contributed by atoms with Crippen molar-refractivity contribution >= 4 is 44.9 Å². The van der Waals surface area contributed by atoms with Crippen molar-refractivity contribution in [1.82, 2.24) is 9.80 Å². The smallest absolute Gasteiger partial charge is 0.277 e. The number of rotatable bonds is 3. The van der Waals surface area contributed by atoms with Gasteiger partial charge in [0.2, 0.25) is 0 Å². The third-order valence-corrected chi connectivity index (χ3v) is 4.59. The van der Waals surface area contributed by atoms with Gasteiger partial charge in [-0.25, -0.2) is 0 Å². The van der Waals surface area contributed by atoms with E-state index in [1.54, 1.807) is 19.0 Å². The molecule has 0 aliphatic carbocycles. The van der Waals surface area contributed by atoms with Gasteiger partial charge in [-0.05, 0) is 30.4 Å². The first kappa shape index (κ1) is 17.2. The third kappa shape index (κ3) is 4.93. The summed E-state index contributed by atoms with van der Waals surface area (Å²) in [4.78, 5) is 16.9. The Kier molecular flexibility index (Phi) is 6.16. The standard InChI is InChI=1S/C15H21BrN4OS/c1-18(2)14(21)11-19-6-8-20(9-7-19)15(22)17-13-5-3-4-12(16)10-13/h3-5,10H,6-9,11H2,1-2H3,(H,17,22)/p+1. The number of nitrogens with zero attached hydrogens (tertiary/aromatic N) is 2. The zero-order valence-electron chi connectivity index (χ0n) is 12.9. The van der Waals surface area contributed by atoms with Crippen LogP contribution in [0.15, 0.2) is 28.7 Å². The van der Waals surface area contributed by atoms with E-state index in [9.17, 15) is 4.79 Å². The number of carbonyl (C=O) groups excluding carboxylic acids is 1. The van der Waals surface area contributed by atoms with Crippen LogP contribution in [-0.2, 0) is 4.79 Å². The lowest BCUT2D eigenvalue weighted by molar-refractivity contribution is -0.896. The first-order valence-corrected chi connectivity index (χ1v) is 8.51. The maximum Gasteiger partial charge on any atom is 0.277 e. The lowest BCUT2D eigenvalue weighted by Gasteiger charge is -2.33. The Morgan fingerprint density at radius 3 is 2.68 bits per heavy atom. The molecule has 0 atom stereocenters. The van der Waals surface area contributed by atoms with Crippen molar-refractivity contribution in [3.63, 3.8) is 0 Å². The summed E-state index contributed by atoms with van der Waals surface area (Å²) in [6.45, 7) is 4.16. The zero-order valence-corrected chi connectivity index (χ0v) is 15.3. The topological polar surface area (TPSA) is 40.0 Å². The van der Waals surface area contributed by atoms with E-state index in [2.05, 4.69) is 26.1 Å². The molecule has 1 heterocycles. The van der Waals surface area contributed by atoms with Gasteiger partial charge in [-0.3, -0.25) is 4.79 Å². The van der Waals surface area contributed by atoms with Crippen LogP contribution >= 0.6 is 28.1 Å². The lowest BCUT2D eigenvalue weighted by atomic mass is 10.3. The van der Waals surface area contributed by atoms with Gasteiger partial charge in [0, 0.05) is 24.3 Å².